The number of benzene rings is 2. The van der Waals surface area contributed by atoms with Gasteiger partial charge >= 0.3 is 0 Å². The van der Waals surface area contributed by atoms with E-state index in [0.717, 1.165) is 24.0 Å². The predicted molar refractivity (Wildman–Crippen MR) is 90.6 cm³/mol. The summed E-state index contributed by atoms with van der Waals surface area (Å²) in [5.74, 6) is 0. The van der Waals surface area contributed by atoms with Gasteiger partial charge in [-0.25, -0.2) is 13.1 Å². The van der Waals surface area contributed by atoms with Crippen LogP contribution in [0.5, 0.6) is 0 Å². The van der Waals surface area contributed by atoms with E-state index in [0.29, 0.717) is 5.02 Å². The molecule has 0 radical (unpaired) electrons. The van der Waals surface area contributed by atoms with Crippen molar-refractivity contribution in [1.29, 1.82) is 0 Å². The summed E-state index contributed by atoms with van der Waals surface area (Å²) in [4.78, 5) is 0.270. The highest BCUT2D eigenvalue weighted by Crippen LogP contribution is 2.24. The first-order chi connectivity index (χ1) is 10.4. The number of rotatable bonds is 6. The maximum atomic E-state index is 12.4. The molecule has 2 aromatic rings. The zero-order chi connectivity index (χ0) is 16.2. The Kier molecular flexibility index (Phi) is 5.62. The van der Waals surface area contributed by atoms with Crippen LogP contribution in [0.25, 0.3) is 0 Å². The zero-order valence-corrected chi connectivity index (χ0v) is 14.3. The minimum Gasteiger partial charge on any atom is -0.207 e. The van der Waals surface area contributed by atoms with Crippen LogP contribution in [0.4, 0.5) is 0 Å². The normalized spacial score (nSPS) is 13.0. The first-order valence-electron chi connectivity index (χ1n) is 7.29. The predicted octanol–water partition coefficient (Wildman–Crippen LogP) is 4.33. The van der Waals surface area contributed by atoms with E-state index >= 15 is 0 Å². The van der Waals surface area contributed by atoms with Gasteiger partial charge in [0.1, 0.15) is 0 Å². The van der Waals surface area contributed by atoms with Gasteiger partial charge < -0.3 is 0 Å². The Bertz CT molecular complexity index is 727. The molecule has 0 amide bonds. The summed E-state index contributed by atoms with van der Waals surface area (Å²) in [6.45, 7) is 3.88. The Balaban J connectivity index is 2.18. The Morgan fingerprint density at radius 3 is 2.32 bits per heavy atom. The zero-order valence-electron chi connectivity index (χ0n) is 12.7. The fraction of sp³-hybridized carbons (Fsp3) is 0.294. The third kappa shape index (κ3) is 4.09. The molecule has 0 spiro atoms. The van der Waals surface area contributed by atoms with Crippen molar-refractivity contribution in [2.75, 3.05) is 0 Å². The summed E-state index contributed by atoms with van der Waals surface area (Å²) >= 11 is 6.11. The van der Waals surface area contributed by atoms with Gasteiger partial charge in [-0.1, -0.05) is 55.3 Å². The molecule has 2 rings (SSSR count). The molecule has 0 fully saturated rings. The van der Waals surface area contributed by atoms with Crippen LogP contribution in [0.1, 0.15) is 37.4 Å². The third-order valence-electron chi connectivity index (χ3n) is 3.48. The minimum absolute atomic E-state index is 0.270. The van der Waals surface area contributed by atoms with E-state index in [-0.39, 0.29) is 4.90 Å². The maximum absolute atomic E-state index is 12.4. The van der Waals surface area contributed by atoms with Crippen LogP contribution in [-0.4, -0.2) is 8.42 Å². The molecule has 0 aliphatic carbocycles. The number of aryl methyl sites for hydroxylation is 1. The fourth-order valence-corrected chi connectivity index (χ4v) is 3.84. The van der Waals surface area contributed by atoms with Crippen LogP contribution in [0.15, 0.2) is 53.4 Å². The van der Waals surface area contributed by atoms with Crippen LogP contribution in [0.2, 0.25) is 5.02 Å². The van der Waals surface area contributed by atoms with Gasteiger partial charge in [-0.2, -0.15) is 0 Å². The summed E-state index contributed by atoms with van der Waals surface area (Å²) in [6, 6.07) is 13.8. The smallest absolute Gasteiger partial charge is 0.207 e. The standard InChI is InChI=1S/C17H20ClNO2S/c1-3-6-14-9-11-15(12-10-14)22(20,21)19-13(2)16-7-4-5-8-17(16)18/h4-5,7-13,19H,3,6H2,1-2H3. The van der Waals surface area contributed by atoms with Crippen molar-refractivity contribution >= 4 is 21.6 Å². The largest absolute Gasteiger partial charge is 0.241 e. The van der Waals surface area contributed by atoms with E-state index < -0.39 is 16.1 Å². The van der Waals surface area contributed by atoms with Crippen molar-refractivity contribution in [2.45, 2.75) is 37.6 Å². The van der Waals surface area contributed by atoms with E-state index in [1.165, 1.54) is 0 Å². The highest BCUT2D eigenvalue weighted by molar-refractivity contribution is 7.89. The molecule has 0 heterocycles. The van der Waals surface area contributed by atoms with Crippen LogP contribution in [0.3, 0.4) is 0 Å². The third-order valence-corrected chi connectivity index (χ3v) is 5.38. The van der Waals surface area contributed by atoms with Gasteiger partial charge in [-0.3, -0.25) is 0 Å². The second-order valence-electron chi connectivity index (χ2n) is 5.26. The molecule has 0 bridgehead atoms. The molecule has 2 aromatic carbocycles. The van der Waals surface area contributed by atoms with Crippen molar-refractivity contribution in [3.8, 4) is 0 Å². The van der Waals surface area contributed by atoms with Gasteiger partial charge in [-0.15, -0.1) is 0 Å². The lowest BCUT2D eigenvalue weighted by Gasteiger charge is -2.16. The van der Waals surface area contributed by atoms with Gasteiger partial charge in [-0.05, 0) is 42.7 Å². The summed E-state index contributed by atoms with van der Waals surface area (Å²) in [5.41, 5.74) is 1.90. The summed E-state index contributed by atoms with van der Waals surface area (Å²) in [7, 11) is -3.56. The number of nitrogens with one attached hydrogen (secondary N) is 1. The molecule has 1 N–H and O–H groups in total. The second kappa shape index (κ2) is 7.27. The SMILES string of the molecule is CCCc1ccc(S(=O)(=O)NC(C)c2ccccc2Cl)cc1. The number of sulfonamides is 1. The van der Waals surface area contributed by atoms with E-state index in [1.54, 1.807) is 25.1 Å². The molecule has 0 aliphatic rings. The lowest BCUT2D eigenvalue weighted by molar-refractivity contribution is 0.567. The van der Waals surface area contributed by atoms with E-state index in [4.69, 9.17) is 11.6 Å². The highest BCUT2D eigenvalue weighted by atomic mass is 35.5. The molecule has 0 saturated carbocycles. The summed E-state index contributed by atoms with van der Waals surface area (Å²) in [6.07, 6.45) is 1.98. The fourth-order valence-electron chi connectivity index (χ4n) is 2.31. The molecule has 0 aromatic heterocycles. The van der Waals surface area contributed by atoms with Crippen LogP contribution < -0.4 is 4.72 Å². The van der Waals surface area contributed by atoms with Gasteiger partial charge in [0.05, 0.1) is 4.90 Å². The van der Waals surface area contributed by atoms with E-state index in [2.05, 4.69) is 11.6 Å². The average Bonchev–Trinajstić information content (AvgIpc) is 2.48. The van der Waals surface area contributed by atoms with Crippen molar-refractivity contribution < 1.29 is 8.42 Å². The number of halogens is 1. The Morgan fingerprint density at radius 1 is 1.09 bits per heavy atom. The molecule has 118 valence electrons. The first kappa shape index (κ1) is 17.0. The van der Waals surface area contributed by atoms with Crippen molar-refractivity contribution in [1.82, 2.24) is 4.72 Å². The van der Waals surface area contributed by atoms with Crippen LogP contribution in [-0.2, 0) is 16.4 Å². The van der Waals surface area contributed by atoms with Gasteiger partial charge in [0.25, 0.3) is 0 Å². The van der Waals surface area contributed by atoms with Crippen LogP contribution >= 0.6 is 11.6 Å². The van der Waals surface area contributed by atoms with Gasteiger partial charge in [0, 0.05) is 11.1 Å². The summed E-state index contributed by atoms with van der Waals surface area (Å²) in [5, 5.41) is 0.552. The van der Waals surface area contributed by atoms with Crippen molar-refractivity contribution in [2.24, 2.45) is 0 Å². The molecule has 1 atom stereocenters. The van der Waals surface area contributed by atoms with E-state index in [1.807, 2.05) is 30.3 Å². The molecule has 5 heteroatoms. The Hall–Kier alpha value is -1.36. The second-order valence-corrected chi connectivity index (χ2v) is 7.38. The molecule has 0 aliphatic heterocycles. The first-order valence-corrected chi connectivity index (χ1v) is 9.16. The Labute approximate surface area is 137 Å². The highest BCUT2D eigenvalue weighted by Gasteiger charge is 2.19. The van der Waals surface area contributed by atoms with Crippen molar-refractivity contribution in [3.05, 3.63) is 64.7 Å². The molecule has 0 saturated heterocycles. The lowest BCUT2D eigenvalue weighted by Crippen LogP contribution is -2.27. The topological polar surface area (TPSA) is 46.2 Å². The molecular formula is C17H20ClNO2S. The molecular weight excluding hydrogens is 318 g/mol. The maximum Gasteiger partial charge on any atom is 0.241 e. The van der Waals surface area contributed by atoms with Gasteiger partial charge in [0.15, 0.2) is 0 Å². The van der Waals surface area contributed by atoms with Crippen molar-refractivity contribution in [3.63, 3.8) is 0 Å². The Morgan fingerprint density at radius 2 is 1.73 bits per heavy atom. The number of hydrogen-bond donors (Lipinski definition) is 1. The number of hydrogen-bond acceptors (Lipinski definition) is 2. The molecule has 22 heavy (non-hydrogen) atoms. The summed E-state index contributed by atoms with van der Waals surface area (Å²) < 4.78 is 27.6. The monoisotopic (exact) mass is 337 g/mol. The van der Waals surface area contributed by atoms with Crippen LogP contribution in [0, 0.1) is 0 Å². The molecule has 3 nitrogen and oxygen atoms in total. The van der Waals surface area contributed by atoms with E-state index in [9.17, 15) is 8.42 Å². The average molecular weight is 338 g/mol. The molecule has 1 unspecified atom stereocenters. The lowest BCUT2D eigenvalue weighted by atomic mass is 10.1. The van der Waals surface area contributed by atoms with Gasteiger partial charge in [0.2, 0.25) is 10.0 Å². The quantitative estimate of drug-likeness (QED) is 0.852. The minimum atomic E-state index is -3.56.